The molecule has 20 heavy (non-hydrogen) atoms. The Morgan fingerprint density at radius 1 is 1.40 bits per heavy atom. The molecule has 1 saturated heterocycles. The van der Waals surface area contributed by atoms with Crippen LogP contribution in [0.5, 0.6) is 5.75 Å². The summed E-state index contributed by atoms with van der Waals surface area (Å²) in [6.45, 7) is 1.20. The minimum absolute atomic E-state index is 0.0657. The van der Waals surface area contributed by atoms with Crippen LogP contribution in [0.4, 0.5) is 0 Å². The van der Waals surface area contributed by atoms with Crippen molar-refractivity contribution in [3.05, 3.63) is 24.0 Å². The lowest BCUT2D eigenvalue weighted by atomic mass is 10.1. The summed E-state index contributed by atoms with van der Waals surface area (Å²) in [5, 5.41) is 11.6. The lowest BCUT2D eigenvalue weighted by Gasteiger charge is -2.23. The first-order valence-corrected chi connectivity index (χ1v) is 6.34. The highest BCUT2D eigenvalue weighted by Crippen LogP contribution is 2.09. The van der Waals surface area contributed by atoms with E-state index < -0.39 is 5.97 Å². The fourth-order valence-corrected chi connectivity index (χ4v) is 1.85. The number of ether oxygens (including phenoxy) is 2. The minimum Gasteiger partial charge on any atom is -0.482 e. The van der Waals surface area contributed by atoms with Gasteiger partial charge in [0.1, 0.15) is 11.4 Å². The normalized spacial score (nSPS) is 15.6. The molecular formula is C13H16N2O5. The number of hydrogen-bond acceptors (Lipinski definition) is 5. The second-order valence-corrected chi connectivity index (χ2v) is 4.43. The first kappa shape index (κ1) is 14.3. The Balaban J connectivity index is 1.76. The van der Waals surface area contributed by atoms with Crippen molar-refractivity contribution < 1.29 is 24.2 Å². The van der Waals surface area contributed by atoms with E-state index in [0.29, 0.717) is 19.0 Å². The number of carbonyl (C=O) groups excluding carboxylic acids is 1. The smallest absolute Gasteiger partial charge is 0.354 e. The highest BCUT2D eigenvalue weighted by atomic mass is 16.5. The van der Waals surface area contributed by atoms with E-state index in [2.05, 4.69) is 10.3 Å². The Morgan fingerprint density at radius 3 is 2.75 bits per heavy atom. The Hall–Kier alpha value is -2.15. The van der Waals surface area contributed by atoms with Gasteiger partial charge in [0.05, 0.1) is 6.20 Å². The van der Waals surface area contributed by atoms with E-state index in [4.69, 9.17) is 14.6 Å². The Bertz CT molecular complexity index is 468. The molecule has 1 aliphatic rings. The Labute approximate surface area is 115 Å². The summed E-state index contributed by atoms with van der Waals surface area (Å²) in [4.78, 5) is 26.0. The van der Waals surface area contributed by atoms with Gasteiger partial charge in [-0.2, -0.15) is 0 Å². The molecule has 1 fully saturated rings. The maximum Gasteiger partial charge on any atom is 0.354 e. The van der Waals surface area contributed by atoms with Gasteiger partial charge >= 0.3 is 5.97 Å². The van der Waals surface area contributed by atoms with Crippen molar-refractivity contribution in [1.82, 2.24) is 10.3 Å². The van der Waals surface area contributed by atoms with Gasteiger partial charge in [0.15, 0.2) is 6.61 Å². The monoisotopic (exact) mass is 280 g/mol. The molecular weight excluding hydrogens is 264 g/mol. The summed E-state index contributed by atoms with van der Waals surface area (Å²) < 4.78 is 10.4. The molecule has 2 rings (SSSR count). The molecule has 1 aliphatic heterocycles. The summed E-state index contributed by atoms with van der Waals surface area (Å²) >= 11 is 0. The number of aromatic carboxylic acids is 1. The number of aromatic nitrogens is 1. The van der Waals surface area contributed by atoms with Gasteiger partial charge in [-0.05, 0) is 25.0 Å². The lowest BCUT2D eigenvalue weighted by molar-refractivity contribution is -0.124. The summed E-state index contributed by atoms with van der Waals surface area (Å²) in [5.41, 5.74) is -0.0657. The fraction of sp³-hybridized carbons (Fsp3) is 0.462. The average Bonchev–Trinajstić information content (AvgIpc) is 2.46. The lowest BCUT2D eigenvalue weighted by Crippen LogP contribution is -2.41. The molecule has 7 nitrogen and oxygen atoms in total. The van der Waals surface area contributed by atoms with Crippen molar-refractivity contribution in [2.75, 3.05) is 19.8 Å². The molecule has 0 aliphatic carbocycles. The van der Waals surface area contributed by atoms with E-state index >= 15 is 0 Å². The highest BCUT2D eigenvalue weighted by Gasteiger charge is 2.16. The summed E-state index contributed by atoms with van der Waals surface area (Å²) in [6.07, 6.45) is 2.90. The van der Waals surface area contributed by atoms with Gasteiger partial charge in [0.25, 0.3) is 5.91 Å². The fourth-order valence-electron chi connectivity index (χ4n) is 1.85. The average molecular weight is 280 g/mol. The van der Waals surface area contributed by atoms with Gasteiger partial charge < -0.3 is 19.9 Å². The molecule has 7 heteroatoms. The van der Waals surface area contributed by atoms with Gasteiger partial charge in [-0.25, -0.2) is 9.78 Å². The third-order valence-corrected chi connectivity index (χ3v) is 2.91. The number of nitrogens with one attached hydrogen (secondary N) is 1. The molecule has 1 aromatic heterocycles. The van der Waals surface area contributed by atoms with Crippen LogP contribution in [0.3, 0.4) is 0 Å². The zero-order chi connectivity index (χ0) is 14.4. The van der Waals surface area contributed by atoms with Crippen molar-refractivity contribution in [2.45, 2.75) is 18.9 Å². The molecule has 0 spiro atoms. The number of carbonyl (C=O) groups is 2. The van der Waals surface area contributed by atoms with Gasteiger partial charge in [-0.3, -0.25) is 4.79 Å². The van der Waals surface area contributed by atoms with Crippen LogP contribution in [-0.2, 0) is 9.53 Å². The second kappa shape index (κ2) is 6.85. The molecule has 0 unspecified atom stereocenters. The molecule has 2 N–H and O–H groups in total. The SMILES string of the molecule is O=C(COc1ccc(C(=O)O)nc1)NC1CCOCC1. The molecule has 2 heterocycles. The Morgan fingerprint density at radius 2 is 2.15 bits per heavy atom. The maximum atomic E-state index is 11.7. The topological polar surface area (TPSA) is 97.8 Å². The number of pyridine rings is 1. The first-order valence-electron chi connectivity index (χ1n) is 6.34. The van der Waals surface area contributed by atoms with Gasteiger partial charge in [0.2, 0.25) is 0 Å². The van der Waals surface area contributed by atoms with Crippen LogP contribution in [-0.4, -0.2) is 47.8 Å². The van der Waals surface area contributed by atoms with Crippen LogP contribution in [0.1, 0.15) is 23.3 Å². The van der Waals surface area contributed by atoms with Crippen LogP contribution in [0.15, 0.2) is 18.3 Å². The number of nitrogens with zero attached hydrogens (tertiary/aromatic N) is 1. The second-order valence-electron chi connectivity index (χ2n) is 4.43. The maximum absolute atomic E-state index is 11.7. The van der Waals surface area contributed by atoms with Gasteiger partial charge in [0, 0.05) is 19.3 Å². The summed E-state index contributed by atoms with van der Waals surface area (Å²) in [7, 11) is 0. The van der Waals surface area contributed by atoms with Crippen LogP contribution >= 0.6 is 0 Å². The first-order chi connectivity index (χ1) is 9.65. The van der Waals surface area contributed by atoms with Gasteiger partial charge in [-0.15, -0.1) is 0 Å². The molecule has 0 aromatic carbocycles. The van der Waals surface area contributed by atoms with Gasteiger partial charge in [-0.1, -0.05) is 0 Å². The standard InChI is InChI=1S/C13H16N2O5/c16-12(15-9-3-5-19-6-4-9)8-20-10-1-2-11(13(17)18)14-7-10/h1-2,7,9H,3-6,8H2,(H,15,16)(H,17,18). The molecule has 1 aromatic rings. The third kappa shape index (κ3) is 4.20. The number of carboxylic acids is 1. The van der Waals surface area contributed by atoms with E-state index in [0.717, 1.165) is 12.8 Å². The highest BCUT2D eigenvalue weighted by molar-refractivity contribution is 5.85. The van der Waals surface area contributed by atoms with E-state index in [1.165, 1.54) is 18.3 Å². The predicted octanol–water partition coefficient (Wildman–Crippen LogP) is 0.454. The Kier molecular flexibility index (Phi) is 4.89. The van der Waals surface area contributed by atoms with Crippen molar-refractivity contribution in [3.63, 3.8) is 0 Å². The van der Waals surface area contributed by atoms with Crippen LogP contribution in [0.2, 0.25) is 0 Å². The van der Waals surface area contributed by atoms with Crippen molar-refractivity contribution in [1.29, 1.82) is 0 Å². The summed E-state index contributed by atoms with van der Waals surface area (Å²) in [5.74, 6) is -0.954. The minimum atomic E-state index is -1.10. The van der Waals surface area contributed by atoms with E-state index in [-0.39, 0.29) is 24.2 Å². The molecule has 108 valence electrons. The van der Waals surface area contributed by atoms with Crippen LogP contribution in [0, 0.1) is 0 Å². The molecule has 0 radical (unpaired) electrons. The third-order valence-electron chi connectivity index (χ3n) is 2.91. The van der Waals surface area contributed by atoms with E-state index in [1.54, 1.807) is 0 Å². The number of carboxylic acid groups (broad SMARTS) is 1. The number of rotatable bonds is 5. The van der Waals surface area contributed by atoms with E-state index in [1.807, 2.05) is 0 Å². The molecule has 1 amide bonds. The quantitative estimate of drug-likeness (QED) is 0.813. The van der Waals surface area contributed by atoms with Crippen molar-refractivity contribution >= 4 is 11.9 Å². The zero-order valence-electron chi connectivity index (χ0n) is 10.9. The molecule has 0 bridgehead atoms. The zero-order valence-corrected chi connectivity index (χ0v) is 10.9. The van der Waals surface area contributed by atoms with Crippen LogP contribution < -0.4 is 10.1 Å². The summed E-state index contributed by atoms with van der Waals surface area (Å²) in [6, 6.07) is 2.93. The van der Waals surface area contributed by atoms with Crippen molar-refractivity contribution in [2.24, 2.45) is 0 Å². The molecule has 0 saturated carbocycles. The van der Waals surface area contributed by atoms with E-state index in [9.17, 15) is 9.59 Å². The van der Waals surface area contributed by atoms with Crippen LogP contribution in [0.25, 0.3) is 0 Å². The number of hydrogen-bond donors (Lipinski definition) is 2. The largest absolute Gasteiger partial charge is 0.482 e. The molecule has 0 atom stereocenters. The van der Waals surface area contributed by atoms with Crippen molar-refractivity contribution in [3.8, 4) is 5.75 Å². The predicted molar refractivity (Wildman–Crippen MR) is 68.7 cm³/mol. The number of amides is 1.